The fourth-order valence-corrected chi connectivity index (χ4v) is 3.05. The molecular weight excluding hydrogens is 198 g/mol. The zero-order chi connectivity index (χ0) is 11.2. The smallest absolute Gasteiger partial charge is 0.0597 e. The molecule has 0 spiro atoms. The van der Waals surface area contributed by atoms with Gasteiger partial charge in [-0.3, -0.25) is 0 Å². The summed E-state index contributed by atoms with van der Waals surface area (Å²) in [6, 6.07) is 9.39. The lowest BCUT2D eigenvalue weighted by molar-refractivity contribution is 0.393. The van der Waals surface area contributed by atoms with Crippen LogP contribution in [0, 0.1) is 0 Å². The monoisotopic (exact) mass is 217 g/mol. The van der Waals surface area contributed by atoms with Crippen molar-refractivity contribution in [3.05, 3.63) is 29.8 Å². The van der Waals surface area contributed by atoms with Crippen LogP contribution in [0.3, 0.4) is 0 Å². The van der Waals surface area contributed by atoms with Crippen molar-refractivity contribution in [3.63, 3.8) is 0 Å². The molecule has 16 heavy (non-hydrogen) atoms. The van der Waals surface area contributed by atoms with Crippen LogP contribution in [0.1, 0.15) is 12.0 Å². The topological polar surface area (TPSA) is 27.3 Å². The molecule has 3 nitrogen and oxygen atoms in total. The Morgan fingerprint density at radius 1 is 1.31 bits per heavy atom. The molecule has 1 aromatic rings. The highest BCUT2D eigenvalue weighted by Crippen LogP contribution is 2.39. The first-order valence-corrected chi connectivity index (χ1v) is 5.96. The molecule has 2 aliphatic heterocycles. The van der Waals surface area contributed by atoms with E-state index in [1.807, 2.05) is 0 Å². The molecule has 1 aromatic carbocycles. The van der Waals surface area contributed by atoms with Crippen LogP contribution in [-0.2, 0) is 5.54 Å². The number of rotatable bonds is 2. The molecule has 2 saturated heterocycles. The van der Waals surface area contributed by atoms with Gasteiger partial charge in [0.25, 0.3) is 0 Å². The number of benzene rings is 1. The molecule has 2 atom stereocenters. The fourth-order valence-electron chi connectivity index (χ4n) is 3.05. The van der Waals surface area contributed by atoms with Crippen molar-refractivity contribution in [3.8, 4) is 0 Å². The molecule has 0 amide bonds. The average molecular weight is 217 g/mol. The Kier molecular flexibility index (Phi) is 2.19. The van der Waals surface area contributed by atoms with E-state index in [2.05, 4.69) is 53.9 Å². The lowest BCUT2D eigenvalue weighted by Crippen LogP contribution is -2.48. The molecule has 2 bridgehead atoms. The van der Waals surface area contributed by atoms with E-state index in [1.54, 1.807) is 0 Å². The number of hydrogen-bond acceptors (Lipinski definition) is 3. The number of para-hydroxylation sites is 1. The fraction of sp³-hybridized carbons (Fsp3) is 0.538. The Bertz CT molecular complexity index is 392. The van der Waals surface area contributed by atoms with Gasteiger partial charge in [0.05, 0.1) is 5.54 Å². The van der Waals surface area contributed by atoms with Gasteiger partial charge in [-0.2, -0.15) is 0 Å². The van der Waals surface area contributed by atoms with Gasteiger partial charge in [-0.15, -0.1) is 0 Å². The highest BCUT2D eigenvalue weighted by atomic mass is 15.2. The summed E-state index contributed by atoms with van der Waals surface area (Å²) >= 11 is 0. The Labute approximate surface area is 96.8 Å². The molecular formula is C13H19N3. The normalized spacial score (nSPS) is 32.0. The predicted molar refractivity (Wildman–Crippen MR) is 66.9 cm³/mol. The Morgan fingerprint density at radius 2 is 2.12 bits per heavy atom. The minimum atomic E-state index is 0.172. The SMILES string of the molecule is CN(C)c1ccccc1C12CNC(CN1)C2. The van der Waals surface area contributed by atoms with Crippen LogP contribution < -0.4 is 15.5 Å². The van der Waals surface area contributed by atoms with E-state index in [9.17, 15) is 0 Å². The van der Waals surface area contributed by atoms with Gasteiger partial charge in [0.15, 0.2) is 0 Å². The van der Waals surface area contributed by atoms with Crippen molar-refractivity contribution in [1.29, 1.82) is 0 Å². The summed E-state index contributed by atoms with van der Waals surface area (Å²) in [6.07, 6.45) is 1.22. The van der Waals surface area contributed by atoms with Crippen LogP contribution in [0.25, 0.3) is 0 Å². The van der Waals surface area contributed by atoms with Gasteiger partial charge in [-0.1, -0.05) is 18.2 Å². The van der Waals surface area contributed by atoms with Gasteiger partial charge in [0.2, 0.25) is 0 Å². The second-order valence-electron chi connectivity index (χ2n) is 5.16. The average Bonchev–Trinajstić information content (AvgIpc) is 2.90. The first kappa shape index (κ1) is 10.1. The lowest BCUT2D eigenvalue weighted by atomic mass is 9.88. The standard InChI is InChI=1S/C13H19N3/c1-16(2)12-6-4-3-5-11(12)13-7-10(8-15-13)14-9-13/h3-6,10,14-15H,7-9H2,1-2H3. The Balaban J connectivity index is 2.06. The van der Waals surface area contributed by atoms with E-state index in [1.165, 1.54) is 17.7 Å². The molecule has 3 rings (SSSR count). The van der Waals surface area contributed by atoms with E-state index in [0.29, 0.717) is 6.04 Å². The summed E-state index contributed by atoms with van der Waals surface area (Å²) in [4.78, 5) is 2.21. The van der Waals surface area contributed by atoms with Crippen LogP contribution in [0.4, 0.5) is 5.69 Å². The highest BCUT2D eigenvalue weighted by molar-refractivity contribution is 5.56. The van der Waals surface area contributed by atoms with Gasteiger partial charge in [-0.05, 0) is 18.1 Å². The minimum Gasteiger partial charge on any atom is -0.377 e. The molecule has 0 saturated carbocycles. The van der Waals surface area contributed by atoms with Crippen molar-refractivity contribution in [2.24, 2.45) is 0 Å². The van der Waals surface area contributed by atoms with Crippen molar-refractivity contribution in [2.45, 2.75) is 18.0 Å². The summed E-state index contributed by atoms with van der Waals surface area (Å²) in [5, 5.41) is 7.27. The predicted octanol–water partition coefficient (Wildman–Crippen LogP) is 0.913. The molecule has 2 heterocycles. The van der Waals surface area contributed by atoms with Gasteiger partial charge in [0.1, 0.15) is 0 Å². The van der Waals surface area contributed by atoms with Crippen molar-refractivity contribution >= 4 is 5.69 Å². The summed E-state index contributed by atoms with van der Waals surface area (Å²) in [6.45, 7) is 2.16. The minimum absolute atomic E-state index is 0.172. The zero-order valence-corrected chi connectivity index (χ0v) is 9.96. The third kappa shape index (κ3) is 1.35. The van der Waals surface area contributed by atoms with Crippen molar-refractivity contribution < 1.29 is 0 Å². The largest absolute Gasteiger partial charge is 0.377 e. The van der Waals surface area contributed by atoms with E-state index in [4.69, 9.17) is 0 Å². The number of piperazine rings is 1. The van der Waals surface area contributed by atoms with Gasteiger partial charge >= 0.3 is 0 Å². The zero-order valence-electron chi connectivity index (χ0n) is 9.96. The molecule has 0 aliphatic carbocycles. The summed E-state index contributed by atoms with van der Waals surface area (Å²) in [7, 11) is 4.23. The summed E-state index contributed by atoms with van der Waals surface area (Å²) < 4.78 is 0. The molecule has 2 aliphatic rings. The third-order valence-corrected chi connectivity index (χ3v) is 3.88. The summed E-state index contributed by atoms with van der Waals surface area (Å²) in [5.41, 5.74) is 2.94. The number of anilines is 1. The number of nitrogens with one attached hydrogen (secondary N) is 2. The maximum absolute atomic E-state index is 3.69. The van der Waals surface area contributed by atoms with E-state index < -0.39 is 0 Å². The molecule has 86 valence electrons. The van der Waals surface area contributed by atoms with Crippen molar-refractivity contribution in [2.75, 3.05) is 32.1 Å². The van der Waals surface area contributed by atoms with Gasteiger partial charge in [-0.25, -0.2) is 0 Å². The lowest BCUT2D eigenvalue weighted by Gasteiger charge is -2.32. The maximum atomic E-state index is 3.69. The molecule has 2 N–H and O–H groups in total. The number of hydrogen-bond donors (Lipinski definition) is 2. The van der Waals surface area contributed by atoms with E-state index >= 15 is 0 Å². The number of fused-ring (bicyclic) bond motifs is 2. The van der Waals surface area contributed by atoms with E-state index in [-0.39, 0.29) is 5.54 Å². The van der Waals surface area contributed by atoms with Crippen LogP contribution >= 0.6 is 0 Å². The number of nitrogens with zero attached hydrogens (tertiary/aromatic N) is 1. The second kappa shape index (κ2) is 3.47. The van der Waals surface area contributed by atoms with Crippen LogP contribution in [-0.4, -0.2) is 33.2 Å². The third-order valence-electron chi connectivity index (χ3n) is 3.88. The van der Waals surface area contributed by atoms with Crippen LogP contribution in [0.2, 0.25) is 0 Å². The first-order chi connectivity index (χ1) is 7.71. The highest BCUT2D eigenvalue weighted by Gasteiger charge is 2.46. The van der Waals surface area contributed by atoms with Crippen molar-refractivity contribution in [1.82, 2.24) is 10.6 Å². The molecule has 2 fully saturated rings. The van der Waals surface area contributed by atoms with E-state index in [0.717, 1.165) is 13.1 Å². The van der Waals surface area contributed by atoms with Gasteiger partial charge < -0.3 is 15.5 Å². The second-order valence-corrected chi connectivity index (χ2v) is 5.16. The summed E-state index contributed by atoms with van der Waals surface area (Å²) in [5.74, 6) is 0. The Hall–Kier alpha value is -1.06. The Morgan fingerprint density at radius 3 is 2.69 bits per heavy atom. The molecule has 0 radical (unpaired) electrons. The maximum Gasteiger partial charge on any atom is 0.0597 e. The van der Waals surface area contributed by atoms with Crippen LogP contribution in [0.15, 0.2) is 24.3 Å². The van der Waals surface area contributed by atoms with Crippen LogP contribution in [0.5, 0.6) is 0 Å². The molecule has 2 unspecified atom stereocenters. The first-order valence-electron chi connectivity index (χ1n) is 5.96. The van der Waals surface area contributed by atoms with Gasteiger partial charge in [0, 0.05) is 38.9 Å². The molecule has 3 heteroatoms. The molecule has 0 aromatic heterocycles. The quantitative estimate of drug-likeness (QED) is 0.771.